The van der Waals surface area contributed by atoms with E-state index in [0.717, 1.165) is 32.4 Å². The van der Waals surface area contributed by atoms with E-state index in [1.807, 2.05) is 0 Å². The Bertz CT molecular complexity index is 1030. The van der Waals surface area contributed by atoms with Crippen molar-refractivity contribution < 1.29 is 4.55 Å². The van der Waals surface area contributed by atoms with Gasteiger partial charge in [-0.05, 0) is 44.2 Å². The Hall–Kier alpha value is -1.85. The molecule has 2 aliphatic heterocycles. The molecule has 2 aromatic rings. The fourth-order valence-corrected chi connectivity index (χ4v) is 6.64. The number of fused-ring (bicyclic) bond motifs is 1. The van der Waals surface area contributed by atoms with E-state index in [1.54, 1.807) is 0 Å². The summed E-state index contributed by atoms with van der Waals surface area (Å²) in [7, 11) is 0. The molecule has 0 radical (unpaired) electrons. The van der Waals surface area contributed by atoms with E-state index in [0.29, 0.717) is 5.82 Å². The number of benzene rings is 1. The van der Waals surface area contributed by atoms with Gasteiger partial charge in [-0.1, -0.05) is 29.8 Å². The van der Waals surface area contributed by atoms with Gasteiger partial charge < -0.3 is 9.45 Å². The summed E-state index contributed by atoms with van der Waals surface area (Å²) in [6.45, 7) is 5.67. The Morgan fingerprint density at radius 1 is 1.34 bits per heavy atom. The average Bonchev–Trinajstić information content (AvgIpc) is 3.00. The Kier molecular flexibility index (Phi) is 4.34. The van der Waals surface area contributed by atoms with E-state index in [4.69, 9.17) is 11.6 Å². The Balaban J connectivity index is 1.45. The summed E-state index contributed by atoms with van der Waals surface area (Å²) < 4.78 is 16.1. The van der Waals surface area contributed by atoms with Gasteiger partial charge in [-0.15, -0.1) is 4.72 Å². The van der Waals surface area contributed by atoms with E-state index in [2.05, 4.69) is 57.7 Å². The minimum atomic E-state index is -1.13. The molecule has 0 bridgehead atoms. The minimum Gasteiger partial charge on any atom is -0.597 e. The van der Waals surface area contributed by atoms with Gasteiger partial charge in [-0.2, -0.15) is 5.26 Å². The largest absolute Gasteiger partial charge is 0.597 e. The topological polar surface area (TPSA) is 87.9 Å². The van der Waals surface area contributed by atoms with E-state index >= 15 is 0 Å². The number of nitriles is 1. The van der Waals surface area contributed by atoms with Crippen molar-refractivity contribution in [2.45, 2.75) is 43.9 Å². The highest BCUT2D eigenvalue weighted by Gasteiger charge is 2.56. The van der Waals surface area contributed by atoms with Gasteiger partial charge in [0.1, 0.15) is 11.2 Å². The molecule has 0 saturated carbocycles. The fourth-order valence-electron chi connectivity index (χ4n) is 5.26. The van der Waals surface area contributed by atoms with Gasteiger partial charge in [-0.3, -0.25) is 0 Å². The number of anilines is 1. The number of nitrogens with one attached hydrogen (secondary N) is 1. The Labute approximate surface area is 178 Å². The molecule has 1 aromatic heterocycles. The zero-order valence-electron chi connectivity index (χ0n) is 16.4. The molecule has 1 unspecified atom stereocenters. The Morgan fingerprint density at radius 2 is 2.10 bits per heavy atom. The van der Waals surface area contributed by atoms with Crippen LogP contribution in [0.3, 0.4) is 0 Å². The van der Waals surface area contributed by atoms with Crippen molar-refractivity contribution in [3.63, 3.8) is 0 Å². The molecule has 1 saturated heterocycles. The van der Waals surface area contributed by atoms with Gasteiger partial charge in [0.05, 0.1) is 12.2 Å². The third-order valence-corrected chi connectivity index (χ3v) is 8.64. The molecule has 5 rings (SSSR count). The average molecular weight is 428 g/mol. The highest BCUT2D eigenvalue weighted by molar-refractivity contribution is 7.90. The third kappa shape index (κ3) is 2.77. The van der Waals surface area contributed by atoms with E-state index < -0.39 is 16.1 Å². The first-order valence-electron chi connectivity index (χ1n) is 9.84. The quantitative estimate of drug-likeness (QED) is 0.702. The maximum atomic E-state index is 13.0. The molecule has 1 fully saturated rings. The predicted octanol–water partition coefficient (Wildman–Crippen LogP) is 3.39. The van der Waals surface area contributed by atoms with Crippen LogP contribution in [0, 0.1) is 16.7 Å². The van der Waals surface area contributed by atoms with Crippen LogP contribution < -0.4 is 9.62 Å². The number of nitrogens with zero attached hydrogens (tertiary/aromatic N) is 4. The van der Waals surface area contributed by atoms with Gasteiger partial charge in [0.2, 0.25) is 0 Å². The molecule has 1 aliphatic carbocycles. The summed E-state index contributed by atoms with van der Waals surface area (Å²) >= 11 is 4.77. The second-order valence-corrected chi connectivity index (χ2v) is 10.9. The molecule has 3 heterocycles. The normalized spacial score (nSPS) is 26.2. The molecule has 0 amide bonds. The number of aromatic nitrogens is 2. The zero-order valence-corrected chi connectivity index (χ0v) is 18.0. The van der Waals surface area contributed by atoms with E-state index in [-0.39, 0.29) is 22.3 Å². The number of piperidine rings is 1. The summed E-state index contributed by atoms with van der Waals surface area (Å²) in [6.07, 6.45) is 4.36. The van der Waals surface area contributed by atoms with Crippen LogP contribution in [-0.4, -0.2) is 27.6 Å². The van der Waals surface area contributed by atoms with Gasteiger partial charge in [0.15, 0.2) is 16.3 Å². The van der Waals surface area contributed by atoms with Crippen LogP contribution in [0.2, 0.25) is 5.15 Å². The van der Waals surface area contributed by atoms with Crippen LogP contribution in [0.5, 0.6) is 0 Å². The zero-order chi connectivity index (χ0) is 20.4. The van der Waals surface area contributed by atoms with Crippen LogP contribution in [0.25, 0.3) is 0 Å². The summed E-state index contributed by atoms with van der Waals surface area (Å²) in [4.78, 5) is 10.6. The molecule has 150 valence electrons. The lowest BCUT2D eigenvalue weighted by molar-refractivity contribution is 0.173. The monoisotopic (exact) mass is 427 g/mol. The number of rotatable bonds is 1. The van der Waals surface area contributed by atoms with Gasteiger partial charge in [0.25, 0.3) is 0 Å². The highest BCUT2D eigenvalue weighted by Crippen LogP contribution is 2.57. The molecule has 2 atom stereocenters. The van der Waals surface area contributed by atoms with Gasteiger partial charge in [0, 0.05) is 35.4 Å². The lowest BCUT2D eigenvalue weighted by Crippen LogP contribution is -2.53. The first kappa shape index (κ1) is 19.1. The standard InChI is InChI=1S/C21H22ClN5OS/c1-20(2)14-5-3-4-13-10-21(18(17(13)14)26-29(20)28)6-8-27(9-7-21)19-15(11-23)25-16(22)12-24-19/h3-5,12,18,26H,6-10H2,1-2H3/t18-,29?/m1/s1. The second kappa shape index (κ2) is 6.58. The maximum absolute atomic E-state index is 13.0. The molecular formula is C21H22ClN5OS. The Morgan fingerprint density at radius 3 is 2.83 bits per heavy atom. The molecule has 29 heavy (non-hydrogen) atoms. The first-order valence-corrected chi connectivity index (χ1v) is 11.4. The lowest BCUT2D eigenvalue weighted by atomic mass is 9.72. The maximum Gasteiger partial charge on any atom is 0.184 e. The summed E-state index contributed by atoms with van der Waals surface area (Å²) in [5, 5.41) is 9.64. The highest BCUT2D eigenvalue weighted by atomic mass is 35.5. The molecule has 6 nitrogen and oxygen atoms in total. The number of halogens is 1. The van der Waals surface area contributed by atoms with E-state index in [1.165, 1.54) is 22.9 Å². The molecule has 1 aromatic carbocycles. The van der Waals surface area contributed by atoms with Gasteiger partial charge >= 0.3 is 0 Å². The smallest absolute Gasteiger partial charge is 0.184 e. The van der Waals surface area contributed by atoms with Crippen LogP contribution in [0.1, 0.15) is 55.1 Å². The fraction of sp³-hybridized carbons (Fsp3) is 0.476. The molecule has 3 aliphatic rings. The molecule has 1 N–H and O–H groups in total. The first-order chi connectivity index (χ1) is 13.9. The van der Waals surface area contributed by atoms with Crippen molar-refractivity contribution >= 4 is 28.8 Å². The van der Waals surface area contributed by atoms with Crippen LogP contribution in [-0.2, 0) is 22.5 Å². The predicted molar refractivity (Wildman–Crippen MR) is 113 cm³/mol. The van der Waals surface area contributed by atoms with E-state index in [9.17, 15) is 9.81 Å². The molecule has 8 heteroatoms. The summed E-state index contributed by atoms with van der Waals surface area (Å²) in [5.41, 5.74) is 4.25. The SMILES string of the molecule is CC1(C)c2cccc3c2[C@@H](N[S+]1[O-])C1(CCN(c2ncc(Cl)nc2C#N)CC1)C3. The van der Waals surface area contributed by atoms with Crippen molar-refractivity contribution in [3.05, 3.63) is 51.9 Å². The summed E-state index contributed by atoms with van der Waals surface area (Å²) in [5.74, 6) is 0.601. The lowest BCUT2D eigenvalue weighted by Gasteiger charge is -2.46. The third-order valence-electron chi connectivity index (χ3n) is 6.87. The van der Waals surface area contributed by atoms with Crippen LogP contribution in [0.4, 0.5) is 5.82 Å². The van der Waals surface area contributed by atoms with Gasteiger partial charge in [-0.25, -0.2) is 9.97 Å². The number of hydrogen-bond acceptors (Lipinski definition) is 6. The number of hydrogen-bond donors (Lipinski definition) is 1. The minimum absolute atomic E-state index is 0.0355. The molecule has 1 spiro atoms. The summed E-state index contributed by atoms with van der Waals surface area (Å²) in [6, 6.07) is 8.68. The molecular weight excluding hydrogens is 406 g/mol. The van der Waals surface area contributed by atoms with Crippen molar-refractivity contribution in [3.8, 4) is 6.07 Å². The van der Waals surface area contributed by atoms with Crippen molar-refractivity contribution in [2.24, 2.45) is 5.41 Å². The van der Waals surface area contributed by atoms with Crippen LogP contribution >= 0.6 is 11.6 Å². The van der Waals surface area contributed by atoms with Crippen LogP contribution in [0.15, 0.2) is 24.4 Å². The van der Waals surface area contributed by atoms with Crippen molar-refractivity contribution in [2.75, 3.05) is 18.0 Å². The second-order valence-electron chi connectivity index (χ2n) is 8.71. The van der Waals surface area contributed by atoms with Crippen molar-refractivity contribution in [1.82, 2.24) is 14.7 Å². The van der Waals surface area contributed by atoms with Crippen molar-refractivity contribution in [1.29, 1.82) is 5.26 Å².